The van der Waals surface area contributed by atoms with Crippen LogP contribution in [0.1, 0.15) is 28.4 Å². The van der Waals surface area contributed by atoms with Gasteiger partial charge in [-0.3, -0.25) is 9.59 Å². The summed E-state index contributed by atoms with van der Waals surface area (Å²) >= 11 is 12.0. The molecule has 0 bridgehead atoms. The van der Waals surface area contributed by atoms with Crippen molar-refractivity contribution in [2.75, 3.05) is 12.4 Å². The van der Waals surface area contributed by atoms with Gasteiger partial charge in [0.15, 0.2) is 0 Å². The molecule has 6 nitrogen and oxygen atoms in total. The van der Waals surface area contributed by atoms with Crippen molar-refractivity contribution in [3.05, 3.63) is 93.5 Å². The fourth-order valence-corrected chi connectivity index (χ4v) is 3.26. The molecule has 0 spiro atoms. The second kappa shape index (κ2) is 10.8. The van der Waals surface area contributed by atoms with E-state index in [0.29, 0.717) is 16.4 Å². The lowest BCUT2D eigenvalue weighted by Gasteiger charge is -2.09. The van der Waals surface area contributed by atoms with E-state index in [-0.39, 0.29) is 22.9 Å². The molecule has 3 aromatic carbocycles. The Bertz CT molecular complexity index is 1160. The van der Waals surface area contributed by atoms with Gasteiger partial charge >= 0.3 is 0 Å². The molecule has 0 radical (unpaired) electrons. The molecule has 0 saturated carbocycles. The van der Waals surface area contributed by atoms with Gasteiger partial charge in [0, 0.05) is 10.7 Å². The first kappa shape index (κ1) is 23.3. The average Bonchev–Trinajstić information content (AvgIpc) is 2.79. The number of amides is 2. The Morgan fingerprint density at radius 2 is 1.75 bits per heavy atom. The van der Waals surface area contributed by atoms with Crippen LogP contribution in [0.3, 0.4) is 0 Å². The summed E-state index contributed by atoms with van der Waals surface area (Å²) in [7, 11) is 1.60. The molecule has 164 valence electrons. The SMILES string of the molecule is COc1ccc(CC(=O)Nc2cccc(/C(C)=N/NC(=O)c3cc(Cl)ccc3Cl)c2)cc1. The topological polar surface area (TPSA) is 79.8 Å². The fraction of sp³-hybridized carbons (Fsp3) is 0.125. The monoisotopic (exact) mass is 469 g/mol. The van der Waals surface area contributed by atoms with Crippen LogP contribution in [0.5, 0.6) is 5.75 Å². The van der Waals surface area contributed by atoms with Gasteiger partial charge in [-0.2, -0.15) is 5.10 Å². The summed E-state index contributed by atoms with van der Waals surface area (Å²) in [5, 5.41) is 7.69. The van der Waals surface area contributed by atoms with Crippen LogP contribution in [0.4, 0.5) is 5.69 Å². The van der Waals surface area contributed by atoms with E-state index < -0.39 is 5.91 Å². The quantitative estimate of drug-likeness (QED) is 0.362. The molecule has 8 heteroatoms. The lowest BCUT2D eigenvalue weighted by Crippen LogP contribution is -2.20. The van der Waals surface area contributed by atoms with Gasteiger partial charge in [0.1, 0.15) is 5.75 Å². The zero-order chi connectivity index (χ0) is 23.1. The average molecular weight is 470 g/mol. The van der Waals surface area contributed by atoms with E-state index in [1.807, 2.05) is 30.3 Å². The van der Waals surface area contributed by atoms with E-state index in [4.69, 9.17) is 27.9 Å². The van der Waals surface area contributed by atoms with Crippen LogP contribution in [0.15, 0.2) is 71.8 Å². The van der Waals surface area contributed by atoms with Gasteiger partial charge in [-0.05, 0) is 60.5 Å². The number of rotatable bonds is 7. The van der Waals surface area contributed by atoms with Crippen LogP contribution in [0.25, 0.3) is 0 Å². The first-order valence-corrected chi connectivity index (χ1v) is 10.4. The van der Waals surface area contributed by atoms with Crippen molar-refractivity contribution in [2.24, 2.45) is 5.10 Å². The van der Waals surface area contributed by atoms with E-state index >= 15 is 0 Å². The molecular weight excluding hydrogens is 449 g/mol. The maximum Gasteiger partial charge on any atom is 0.272 e. The summed E-state index contributed by atoms with van der Waals surface area (Å²) < 4.78 is 5.13. The molecule has 0 aliphatic carbocycles. The molecule has 0 heterocycles. The van der Waals surface area contributed by atoms with Crippen LogP contribution >= 0.6 is 23.2 Å². The van der Waals surface area contributed by atoms with Crippen LogP contribution in [0, 0.1) is 0 Å². The van der Waals surface area contributed by atoms with Crippen molar-refractivity contribution in [1.82, 2.24) is 5.43 Å². The Morgan fingerprint density at radius 3 is 2.47 bits per heavy atom. The van der Waals surface area contributed by atoms with Crippen molar-refractivity contribution in [2.45, 2.75) is 13.3 Å². The summed E-state index contributed by atoms with van der Waals surface area (Å²) in [6.45, 7) is 1.75. The molecule has 3 aromatic rings. The standard InChI is InChI=1S/C24H21Cl2N3O3/c1-15(28-29-24(31)21-14-18(25)8-11-22(21)26)17-4-3-5-19(13-17)27-23(30)12-16-6-9-20(32-2)10-7-16/h3-11,13-14H,12H2,1-2H3,(H,27,30)(H,29,31)/b28-15+. The van der Waals surface area contributed by atoms with Crippen molar-refractivity contribution < 1.29 is 14.3 Å². The first-order chi connectivity index (χ1) is 15.4. The molecule has 0 unspecified atom stereocenters. The molecule has 3 rings (SSSR count). The Morgan fingerprint density at radius 1 is 1.00 bits per heavy atom. The number of halogens is 2. The van der Waals surface area contributed by atoms with Crippen LogP contribution < -0.4 is 15.5 Å². The molecule has 0 fully saturated rings. The normalized spacial score (nSPS) is 11.1. The molecule has 2 amide bonds. The molecule has 0 atom stereocenters. The van der Waals surface area contributed by atoms with E-state index in [1.54, 1.807) is 44.4 Å². The molecular formula is C24H21Cl2N3O3. The smallest absolute Gasteiger partial charge is 0.272 e. The zero-order valence-electron chi connectivity index (χ0n) is 17.5. The van der Waals surface area contributed by atoms with Crippen molar-refractivity contribution in [3.63, 3.8) is 0 Å². The van der Waals surface area contributed by atoms with Gasteiger partial charge < -0.3 is 10.1 Å². The van der Waals surface area contributed by atoms with E-state index in [1.165, 1.54) is 6.07 Å². The van der Waals surface area contributed by atoms with Crippen LogP contribution in [0.2, 0.25) is 10.0 Å². The van der Waals surface area contributed by atoms with Crippen LogP contribution in [-0.4, -0.2) is 24.6 Å². The van der Waals surface area contributed by atoms with E-state index in [0.717, 1.165) is 16.9 Å². The predicted octanol–water partition coefficient (Wildman–Crippen LogP) is 5.34. The van der Waals surface area contributed by atoms with E-state index in [2.05, 4.69) is 15.8 Å². The maximum absolute atomic E-state index is 12.4. The van der Waals surface area contributed by atoms with Crippen molar-refractivity contribution in [3.8, 4) is 5.75 Å². The number of ether oxygens (including phenoxy) is 1. The lowest BCUT2D eigenvalue weighted by atomic mass is 10.1. The fourth-order valence-electron chi connectivity index (χ4n) is 2.89. The molecule has 2 N–H and O–H groups in total. The number of anilines is 1. The number of methoxy groups -OCH3 is 1. The number of hydrazone groups is 1. The minimum Gasteiger partial charge on any atom is -0.497 e. The number of hydrogen-bond acceptors (Lipinski definition) is 4. The largest absolute Gasteiger partial charge is 0.497 e. The van der Waals surface area contributed by atoms with Gasteiger partial charge in [0.25, 0.3) is 5.91 Å². The Balaban J connectivity index is 1.64. The van der Waals surface area contributed by atoms with Gasteiger partial charge in [-0.25, -0.2) is 5.43 Å². The summed E-state index contributed by atoms with van der Waals surface area (Å²) in [6.07, 6.45) is 0.234. The van der Waals surface area contributed by atoms with Gasteiger partial charge in [0.05, 0.1) is 29.8 Å². The minimum atomic E-state index is -0.471. The Hall–Kier alpha value is -3.35. The number of nitrogens with zero attached hydrogens (tertiary/aromatic N) is 1. The zero-order valence-corrected chi connectivity index (χ0v) is 19.0. The number of benzene rings is 3. The van der Waals surface area contributed by atoms with Gasteiger partial charge in [-0.1, -0.05) is 47.5 Å². The summed E-state index contributed by atoms with van der Waals surface area (Å²) in [5.41, 5.74) is 5.51. The molecule has 0 aliphatic heterocycles. The number of carbonyl (C=O) groups excluding carboxylic acids is 2. The van der Waals surface area contributed by atoms with E-state index in [9.17, 15) is 9.59 Å². The summed E-state index contributed by atoms with van der Waals surface area (Å²) in [4.78, 5) is 24.7. The third-order valence-corrected chi connectivity index (χ3v) is 5.15. The highest BCUT2D eigenvalue weighted by Crippen LogP contribution is 2.20. The summed E-state index contributed by atoms with van der Waals surface area (Å²) in [5.74, 6) is 0.118. The minimum absolute atomic E-state index is 0.147. The molecule has 0 aliphatic rings. The molecule has 0 saturated heterocycles. The second-order valence-corrected chi connectivity index (χ2v) is 7.76. The predicted molar refractivity (Wildman–Crippen MR) is 128 cm³/mol. The first-order valence-electron chi connectivity index (χ1n) is 9.68. The summed E-state index contributed by atoms with van der Waals surface area (Å²) in [6, 6.07) is 19.1. The Labute approximate surface area is 196 Å². The third kappa shape index (κ3) is 6.33. The number of nitrogens with one attached hydrogen (secondary N) is 2. The highest BCUT2D eigenvalue weighted by atomic mass is 35.5. The van der Waals surface area contributed by atoms with Crippen molar-refractivity contribution in [1.29, 1.82) is 0 Å². The third-order valence-electron chi connectivity index (χ3n) is 4.59. The highest BCUT2D eigenvalue weighted by molar-refractivity contribution is 6.35. The second-order valence-electron chi connectivity index (χ2n) is 6.92. The maximum atomic E-state index is 12.4. The number of carbonyl (C=O) groups is 2. The highest BCUT2D eigenvalue weighted by Gasteiger charge is 2.11. The lowest BCUT2D eigenvalue weighted by molar-refractivity contribution is -0.115. The van der Waals surface area contributed by atoms with Crippen molar-refractivity contribution >= 4 is 46.4 Å². The Kier molecular flexibility index (Phi) is 7.87. The molecule has 32 heavy (non-hydrogen) atoms. The number of hydrogen-bond donors (Lipinski definition) is 2. The van der Waals surface area contributed by atoms with Crippen LogP contribution in [-0.2, 0) is 11.2 Å². The van der Waals surface area contributed by atoms with Gasteiger partial charge in [0.2, 0.25) is 5.91 Å². The molecule has 0 aromatic heterocycles. The van der Waals surface area contributed by atoms with Gasteiger partial charge in [-0.15, -0.1) is 0 Å².